The maximum absolute atomic E-state index is 12.0. The van der Waals surface area contributed by atoms with Crippen molar-refractivity contribution in [1.29, 1.82) is 0 Å². The van der Waals surface area contributed by atoms with E-state index < -0.39 is 22.5 Å². The highest BCUT2D eigenvalue weighted by molar-refractivity contribution is 7.99. The number of thioether (sulfide) groups is 1. The van der Waals surface area contributed by atoms with Crippen LogP contribution in [0.15, 0.2) is 29.4 Å². The van der Waals surface area contributed by atoms with Crippen LogP contribution in [0.3, 0.4) is 0 Å². The Bertz CT molecular complexity index is 803. The van der Waals surface area contributed by atoms with Crippen molar-refractivity contribution in [2.45, 2.75) is 19.0 Å². The molecule has 10 heteroatoms. The van der Waals surface area contributed by atoms with E-state index in [4.69, 9.17) is 5.11 Å². The van der Waals surface area contributed by atoms with E-state index in [0.717, 1.165) is 41.3 Å². The number of aromatic nitrogens is 2. The predicted octanol–water partition coefficient (Wildman–Crippen LogP) is 2.43. The van der Waals surface area contributed by atoms with Crippen LogP contribution in [-0.4, -0.2) is 37.6 Å². The molecule has 2 N–H and O–H groups in total. The fraction of sp³-hybridized carbons (Fsp3) is 0.200. The number of carbonyl (C=O) groups is 2. The lowest BCUT2D eigenvalue weighted by molar-refractivity contribution is -0.384. The average molecular weight is 362 g/mol. The summed E-state index contributed by atoms with van der Waals surface area (Å²) < 4.78 is 0. The molecule has 0 radical (unpaired) electrons. The molecule has 0 aliphatic heterocycles. The molecule has 0 saturated heterocycles. The molecule has 0 spiro atoms. The third-order valence-corrected chi connectivity index (χ3v) is 3.80. The van der Waals surface area contributed by atoms with Gasteiger partial charge in [-0.15, -0.1) is 0 Å². The van der Waals surface area contributed by atoms with Crippen LogP contribution in [0.1, 0.15) is 21.7 Å². The van der Waals surface area contributed by atoms with Gasteiger partial charge in [-0.2, -0.15) is 0 Å². The first-order chi connectivity index (χ1) is 11.7. The van der Waals surface area contributed by atoms with Crippen LogP contribution in [0.2, 0.25) is 0 Å². The summed E-state index contributed by atoms with van der Waals surface area (Å²) in [7, 11) is 0. The Labute approximate surface area is 146 Å². The molecule has 0 unspecified atom stereocenters. The lowest BCUT2D eigenvalue weighted by Gasteiger charge is -2.07. The topological polar surface area (TPSA) is 135 Å². The molecule has 0 saturated carbocycles. The van der Waals surface area contributed by atoms with Gasteiger partial charge in [0.05, 0.1) is 16.2 Å². The second kappa shape index (κ2) is 7.71. The molecule has 0 fully saturated rings. The lowest BCUT2D eigenvalue weighted by atomic mass is 10.1. The van der Waals surface area contributed by atoms with E-state index in [9.17, 15) is 19.7 Å². The normalized spacial score (nSPS) is 10.3. The van der Waals surface area contributed by atoms with E-state index in [1.807, 2.05) is 13.8 Å². The smallest absolute Gasteiger partial charge is 0.336 e. The van der Waals surface area contributed by atoms with Crippen molar-refractivity contribution in [1.82, 2.24) is 9.97 Å². The van der Waals surface area contributed by atoms with Gasteiger partial charge in [-0.05, 0) is 26.0 Å². The van der Waals surface area contributed by atoms with Gasteiger partial charge in [0.25, 0.3) is 5.69 Å². The van der Waals surface area contributed by atoms with Crippen LogP contribution in [0.5, 0.6) is 0 Å². The minimum Gasteiger partial charge on any atom is -0.478 e. The van der Waals surface area contributed by atoms with E-state index in [0.29, 0.717) is 5.16 Å². The van der Waals surface area contributed by atoms with Crippen molar-refractivity contribution in [2.75, 3.05) is 11.1 Å². The molecule has 0 atom stereocenters. The fourth-order valence-electron chi connectivity index (χ4n) is 2.00. The second-order valence-electron chi connectivity index (χ2n) is 5.10. The Morgan fingerprint density at radius 3 is 2.40 bits per heavy atom. The highest BCUT2D eigenvalue weighted by Gasteiger charge is 2.15. The molecule has 0 aliphatic carbocycles. The number of nitrogens with zero attached hydrogens (tertiary/aromatic N) is 3. The van der Waals surface area contributed by atoms with E-state index in [-0.39, 0.29) is 17.0 Å². The number of nitrogens with one attached hydrogen (secondary N) is 1. The van der Waals surface area contributed by atoms with Crippen molar-refractivity contribution >= 4 is 35.0 Å². The van der Waals surface area contributed by atoms with Gasteiger partial charge in [-0.25, -0.2) is 14.8 Å². The van der Waals surface area contributed by atoms with Crippen molar-refractivity contribution in [3.05, 3.63) is 51.3 Å². The molecular weight excluding hydrogens is 348 g/mol. The maximum atomic E-state index is 12.0. The number of carboxylic acid groups (broad SMARTS) is 1. The van der Waals surface area contributed by atoms with Crippen LogP contribution in [-0.2, 0) is 4.79 Å². The summed E-state index contributed by atoms with van der Waals surface area (Å²) in [5.41, 5.74) is 0.897. The first-order valence-corrected chi connectivity index (χ1v) is 8.01. The van der Waals surface area contributed by atoms with Gasteiger partial charge in [-0.3, -0.25) is 14.9 Å². The highest BCUT2D eigenvalue weighted by atomic mass is 32.2. The summed E-state index contributed by atoms with van der Waals surface area (Å²) in [5, 5.41) is 22.8. The summed E-state index contributed by atoms with van der Waals surface area (Å²) in [6.07, 6.45) is 0. The Balaban J connectivity index is 2.09. The van der Waals surface area contributed by atoms with E-state index in [1.165, 1.54) is 0 Å². The maximum Gasteiger partial charge on any atom is 0.336 e. The number of amides is 1. The Morgan fingerprint density at radius 2 is 1.84 bits per heavy atom. The van der Waals surface area contributed by atoms with Gasteiger partial charge >= 0.3 is 5.97 Å². The van der Waals surface area contributed by atoms with Gasteiger partial charge in [-0.1, -0.05) is 11.8 Å². The van der Waals surface area contributed by atoms with Crippen LogP contribution < -0.4 is 5.32 Å². The number of anilines is 1. The number of benzene rings is 1. The molecular formula is C15H14N4O5S. The number of aromatic carboxylic acids is 1. The third-order valence-electron chi connectivity index (χ3n) is 2.95. The number of carboxylic acids is 1. The number of hydrogen-bond acceptors (Lipinski definition) is 7. The number of carbonyl (C=O) groups excluding carboxylic acids is 1. The molecule has 2 aromatic rings. The number of hydrogen-bond donors (Lipinski definition) is 2. The minimum atomic E-state index is -1.32. The van der Waals surface area contributed by atoms with E-state index in [2.05, 4.69) is 15.3 Å². The van der Waals surface area contributed by atoms with E-state index >= 15 is 0 Å². The summed E-state index contributed by atoms with van der Waals surface area (Å²) in [6, 6.07) is 4.99. The van der Waals surface area contributed by atoms with Gasteiger partial charge in [0.1, 0.15) is 0 Å². The summed E-state index contributed by atoms with van der Waals surface area (Å²) >= 11 is 1.11. The molecule has 1 amide bonds. The number of rotatable bonds is 6. The largest absolute Gasteiger partial charge is 0.478 e. The Kier molecular flexibility index (Phi) is 5.65. The zero-order chi connectivity index (χ0) is 18.6. The molecule has 0 aliphatic rings. The molecule has 130 valence electrons. The molecule has 0 bridgehead atoms. The number of non-ortho nitro benzene ring substituents is 1. The zero-order valence-corrected chi connectivity index (χ0v) is 14.2. The van der Waals surface area contributed by atoms with Gasteiger partial charge in [0.2, 0.25) is 5.91 Å². The SMILES string of the molecule is Cc1cc(C)nc(SCC(=O)Nc2cc(C(=O)O)cc([N+](=O)[O-])c2)n1. The van der Waals surface area contributed by atoms with Crippen LogP contribution in [0, 0.1) is 24.0 Å². The first-order valence-electron chi connectivity index (χ1n) is 7.02. The molecule has 2 rings (SSSR count). The number of aryl methyl sites for hydroxylation is 2. The summed E-state index contributed by atoms with van der Waals surface area (Å²) in [4.78, 5) is 41.6. The summed E-state index contributed by atoms with van der Waals surface area (Å²) in [6.45, 7) is 3.63. The first kappa shape index (κ1) is 18.3. The third kappa shape index (κ3) is 5.24. The Morgan fingerprint density at radius 1 is 1.20 bits per heavy atom. The number of nitro groups is 1. The van der Waals surface area contributed by atoms with Crippen molar-refractivity contribution in [3.63, 3.8) is 0 Å². The van der Waals surface area contributed by atoms with Crippen LogP contribution >= 0.6 is 11.8 Å². The molecule has 25 heavy (non-hydrogen) atoms. The Hall–Kier alpha value is -3.01. The quantitative estimate of drug-likeness (QED) is 0.346. The van der Waals surface area contributed by atoms with Crippen molar-refractivity contribution in [3.8, 4) is 0 Å². The minimum absolute atomic E-state index is 0.0199. The van der Waals surface area contributed by atoms with Gasteiger partial charge in [0.15, 0.2) is 5.16 Å². The predicted molar refractivity (Wildman–Crippen MR) is 90.9 cm³/mol. The molecule has 1 aromatic carbocycles. The monoisotopic (exact) mass is 362 g/mol. The van der Waals surface area contributed by atoms with Gasteiger partial charge < -0.3 is 10.4 Å². The molecule has 1 aromatic heterocycles. The van der Waals surface area contributed by atoms with Gasteiger partial charge in [0, 0.05) is 29.2 Å². The van der Waals surface area contributed by atoms with Crippen molar-refractivity contribution < 1.29 is 19.6 Å². The van der Waals surface area contributed by atoms with Crippen molar-refractivity contribution in [2.24, 2.45) is 0 Å². The molecule has 9 nitrogen and oxygen atoms in total. The van der Waals surface area contributed by atoms with Crippen LogP contribution in [0.25, 0.3) is 0 Å². The average Bonchev–Trinajstić information content (AvgIpc) is 2.51. The lowest BCUT2D eigenvalue weighted by Crippen LogP contribution is -2.15. The highest BCUT2D eigenvalue weighted by Crippen LogP contribution is 2.22. The standard InChI is InChI=1S/C15H14N4O5S/c1-8-3-9(2)17-15(16-8)25-7-13(20)18-11-4-10(14(21)22)5-12(6-11)19(23)24/h3-6H,7H2,1-2H3,(H,18,20)(H,21,22). The van der Waals surface area contributed by atoms with E-state index in [1.54, 1.807) is 6.07 Å². The number of nitro benzene ring substituents is 1. The second-order valence-corrected chi connectivity index (χ2v) is 6.04. The zero-order valence-electron chi connectivity index (χ0n) is 13.3. The fourth-order valence-corrected chi connectivity index (χ4v) is 2.75. The molecule has 1 heterocycles. The van der Waals surface area contributed by atoms with Crippen LogP contribution in [0.4, 0.5) is 11.4 Å². The summed E-state index contributed by atoms with van der Waals surface area (Å²) in [5.74, 6) is -1.80.